The van der Waals surface area contributed by atoms with Crippen LogP contribution in [0.2, 0.25) is 0 Å². The van der Waals surface area contributed by atoms with Gasteiger partial charge in [0.15, 0.2) is 16.8 Å². The largest absolute Gasteiger partial charge is 0.354 e. The van der Waals surface area contributed by atoms with E-state index in [1.54, 1.807) is 11.0 Å². The number of thiazole rings is 1. The Labute approximate surface area is 160 Å². The second-order valence-corrected chi connectivity index (χ2v) is 7.73. The maximum Gasteiger partial charge on any atom is 0.231 e. The number of hydrogen-bond acceptors (Lipinski definition) is 8. The van der Waals surface area contributed by atoms with E-state index in [-0.39, 0.29) is 11.8 Å². The van der Waals surface area contributed by atoms with Gasteiger partial charge in [0.2, 0.25) is 5.91 Å². The molecule has 1 amide bonds. The number of hydrogen-bond donors (Lipinski definition) is 1. The number of piperidine rings is 1. The van der Waals surface area contributed by atoms with Crippen LogP contribution in [0.15, 0.2) is 24.8 Å². The van der Waals surface area contributed by atoms with Gasteiger partial charge < -0.3 is 10.2 Å². The summed E-state index contributed by atoms with van der Waals surface area (Å²) in [6, 6.07) is 3.75. The lowest BCUT2D eigenvalue weighted by Crippen LogP contribution is -2.41. The molecule has 10 heteroatoms. The first-order valence-electron chi connectivity index (χ1n) is 8.79. The molecule has 1 fully saturated rings. The molecule has 0 spiro atoms. The Bertz CT molecular complexity index is 902. The van der Waals surface area contributed by atoms with Crippen molar-refractivity contribution in [3.05, 3.63) is 35.4 Å². The maximum atomic E-state index is 12.6. The van der Waals surface area contributed by atoms with Crippen LogP contribution < -0.4 is 10.2 Å². The van der Waals surface area contributed by atoms with Gasteiger partial charge in [-0.15, -0.1) is 21.5 Å². The van der Waals surface area contributed by atoms with E-state index in [0.717, 1.165) is 35.8 Å². The van der Waals surface area contributed by atoms with E-state index >= 15 is 0 Å². The van der Waals surface area contributed by atoms with Crippen molar-refractivity contribution < 1.29 is 4.79 Å². The topological polar surface area (TPSA) is 102 Å². The van der Waals surface area contributed by atoms with Crippen LogP contribution in [0.4, 0.5) is 10.9 Å². The van der Waals surface area contributed by atoms with Gasteiger partial charge in [-0.2, -0.15) is 5.10 Å². The van der Waals surface area contributed by atoms with Gasteiger partial charge >= 0.3 is 0 Å². The fourth-order valence-electron chi connectivity index (χ4n) is 3.07. The predicted molar refractivity (Wildman–Crippen MR) is 102 cm³/mol. The van der Waals surface area contributed by atoms with Crippen LogP contribution >= 0.6 is 11.3 Å². The molecule has 9 nitrogen and oxygen atoms in total. The molecule has 1 saturated heterocycles. The second-order valence-electron chi connectivity index (χ2n) is 6.52. The van der Waals surface area contributed by atoms with Gasteiger partial charge in [0.25, 0.3) is 0 Å². The van der Waals surface area contributed by atoms with E-state index < -0.39 is 0 Å². The third kappa shape index (κ3) is 3.80. The number of carbonyl (C=O) groups excluding carboxylic acids is 1. The summed E-state index contributed by atoms with van der Waals surface area (Å²) in [4.78, 5) is 24.2. The molecule has 3 aromatic heterocycles. The summed E-state index contributed by atoms with van der Waals surface area (Å²) in [6.45, 7) is 5.43. The minimum atomic E-state index is -0.0972. The summed E-state index contributed by atoms with van der Waals surface area (Å²) in [5.74, 6) is 1.29. The zero-order valence-electron chi connectivity index (χ0n) is 15.2. The molecule has 4 heterocycles. The van der Waals surface area contributed by atoms with E-state index in [0.29, 0.717) is 17.5 Å². The van der Waals surface area contributed by atoms with Gasteiger partial charge in [0, 0.05) is 18.0 Å². The second kappa shape index (κ2) is 7.39. The van der Waals surface area contributed by atoms with Gasteiger partial charge in [-0.05, 0) is 38.8 Å². The standard InChI is InChI=1S/C17H20N8OS/c1-11-12(2)27-17(20-11)21-16(26)13-4-3-7-24(8-13)14-5-6-15(23-22-14)25-10-18-9-19-25/h5-6,9-10,13H,3-4,7-8H2,1-2H3,(H,20,21,26)/t13-/m1/s1. The van der Waals surface area contributed by atoms with Crippen LogP contribution in [0.25, 0.3) is 5.82 Å². The van der Waals surface area contributed by atoms with Gasteiger partial charge in [-0.1, -0.05) is 0 Å². The first-order valence-corrected chi connectivity index (χ1v) is 9.60. The molecule has 1 aliphatic heterocycles. The first-order chi connectivity index (χ1) is 13.1. The monoisotopic (exact) mass is 384 g/mol. The van der Waals surface area contributed by atoms with Gasteiger partial charge in [0.05, 0.1) is 11.6 Å². The predicted octanol–water partition coefficient (Wildman–Crippen LogP) is 1.99. The minimum Gasteiger partial charge on any atom is -0.354 e. The highest BCUT2D eigenvalue weighted by Gasteiger charge is 2.27. The molecular formula is C17H20N8OS. The van der Waals surface area contributed by atoms with E-state index in [1.165, 1.54) is 17.7 Å². The molecule has 1 N–H and O–H groups in total. The molecule has 3 aromatic rings. The van der Waals surface area contributed by atoms with Gasteiger partial charge in [-0.25, -0.2) is 14.6 Å². The SMILES string of the molecule is Cc1nc(NC(=O)[C@@H]2CCCN(c3ccc(-n4cncn4)nn3)C2)sc1C. The molecule has 0 aromatic carbocycles. The van der Waals surface area contributed by atoms with Crippen molar-refractivity contribution in [3.8, 4) is 5.82 Å². The first kappa shape index (κ1) is 17.5. The number of carbonyl (C=O) groups is 1. The Kier molecular flexibility index (Phi) is 4.80. The average Bonchev–Trinajstić information content (AvgIpc) is 3.32. The Morgan fingerprint density at radius 2 is 2.07 bits per heavy atom. The number of aryl methyl sites for hydroxylation is 2. The molecule has 0 unspecified atom stereocenters. The van der Waals surface area contributed by atoms with Gasteiger partial charge in [0.1, 0.15) is 12.7 Å². The third-order valence-corrected chi connectivity index (χ3v) is 5.65. The molecule has 1 atom stereocenters. The number of aromatic nitrogens is 6. The zero-order chi connectivity index (χ0) is 18.8. The Balaban J connectivity index is 1.42. The van der Waals surface area contributed by atoms with Crippen LogP contribution in [-0.2, 0) is 4.79 Å². The Morgan fingerprint density at radius 3 is 2.74 bits per heavy atom. The maximum absolute atomic E-state index is 12.6. The molecular weight excluding hydrogens is 364 g/mol. The Morgan fingerprint density at radius 1 is 1.26 bits per heavy atom. The fraction of sp³-hybridized carbons (Fsp3) is 0.412. The van der Waals surface area contributed by atoms with Crippen LogP contribution in [0, 0.1) is 19.8 Å². The molecule has 4 rings (SSSR count). The highest BCUT2D eigenvalue weighted by atomic mass is 32.1. The van der Waals surface area contributed by atoms with Crippen LogP contribution in [0.5, 0.6) is 0 Å². The van der Waals surface area contributed by atoms with Crippen molar-refractivity contribution >= 4 is 28.2 Å². The molecule has 0 radical (unpaired) electrons. The highest BCUT2D eigenvalue weighted by molar-refractivity contribution is 7.15. The van der Waals surface area contributed by atoms with E-state index in [2.05, 4.69) is 35.5 Å². The van der Waals surface area contributed by atoms with Crippen molar-refractivity contribution in [2.75, 3.05) is 23.3 Å². The molecule has 1 aliphatic rings. The quantitative estimate of drug-likeness (QED) is 0.734. The third-order valence-electron chi connectivity index (χ3n) is 4.66. The number of amides is 1. The zero-order valence-corrected chi connectivity index (χ0v) is 16.0. The minimum absolute atomic E-state index is 0.0145. The normalized spacial score (nSPS) is 17.1. The van der Waals surface area contributed by atoms with Gasteiger partial charge in [-0.3, -0.25) is 4.79 Å². The van der Waals surface area contributed by atoms with Crippen LogP contribution in [0.1, 0.15) is 23.4 Å². The van der Waals surface area contributed by atoms with E-state index in [4.69, 9.17) is 0 Å². The lowest BCUT2D eigenvalue weighted by Gasteiger charge is -2.32. The molecule has 0 aliphatic carbocycles. The summed E-state index contributed by atoms with van der Waals surface area (Å²) in [5, 5.41) is 16.2. The number of rotatable bonds is 4. The summed E-state index contributed by atoms with van der Waals surface area (Å²) < 4.78 is 1.56. The summed E-state index contributed by atoms with van der Waals surface area (Å²) in [7, 11) is 0. The van der Waals surface area contributed by atoms with E-state index in [9.17, 15) is 4.79 Å². The number of anilines is 2. The lowest BCUT2D eigenvalue weighted by atomic mass is 9.97. The molecule has 27 heavy (non-hydrogen) atoms. The fourth-order valence-corrected chi connectivity index (χ4v) is 3.89. The van der Waals surface area contributed by atoms with Crippen molar-refractivity contribution in [1.29, 1.82) is 0 Å². The summed E-state index contributed by atoms with van der Waals surface area (Å²) in [5.41, 5.74) is 0.961. The summed E-state index contributed by atoms with van der Waals surface area (Å²) >= 11 is 1.51. The van der Waals surface area contributed by atoms with Crippen molar-refractivity contribution in [3.63, 3.8) is 0 Å². The van der Waals surface area contributed by atoms with Crippen molar-refractivity contribution in [2.45, 2.75) is 26.7 Å². The number of nitrogens with zero attached hydrogens (tertiary/aromatic N) is 7. The van der Waals surface area contributed by atoms with Crippen LogP contribution in [0.3, 0.4) is 0 Å². The summed E-state index contributed by atoms with van der Waals surface area (Å²) in [6.07, 6.45) is 4.82. The van der Waals surface area contributed by atoms with E-state index in [1.807, 2.05) is 26.0 Å². The average molecular weight is 384 g/mol. The highest BCUT2D eigenvalue weighted by Crippen LogP contribution is 2.25. The number of nitrogens with one attached hydrogen (secondary N) is 1. The Hall–Kier alpha value is -2.88. The van der Waals surface area contributed by atoms with Crippen LogP contribution in [-0.4, -0.2) is 48.9 Å². The molecule has 0 bridgehead atoms. The van der Waals surface area contributed by atoms with Crippen molar-refractivity contribution in [2.24, 2.45) is 5.92 Å². The smallest absolute Gasteiger partial charge is 0.231 e. The lowest BCUT2D eigenvalue weighted by molar-refractivity contribution is -0.120. The molecule has 0 saturated carbocycles. The molecule has 140 valence electrons. The van der Waals surface area contributed by atoms with Crippen molar-refractivity contribution in [1.82, 2.24) is 29.9 Å².